The van der Waals surface area contributed by atoms with Crippen LogP contribution in [0.2, 0.25) is 0 Å². The quantitative estimate of drug-likeness (QED) is 0.778. The predicted octanol–water partition coefficient (Wildman–Crippen LogP) is 2.60. The molecule has 0 fully saturated rings. The number of unbranched alkanes of at least 4 members (excludes halogenated alkanes) is 2. The number of halogens is 1. The second-order valence-corrected chi connectivity index (χ2v) is 6.80. The lowest BCUT2D eigenvalue weighted by Crippen LogP contribution is -2.16. The molecule has 0 aliphatic heterocycles. The fourth-order valence-electron chi connectivity index (χ4n) is 1.49. The van der Waals surface area contributed by atoms with Gasteiger partial charge in [0.05, 0.1) is 16.8 Å². The topological polar surface area (TPSA) is 69.4 Å². The van der Waals surface area contributed by atoms with E-state index in [1.807, 2.05) is 25.1 Å². The van der Waals surface area contributed by atoms with Crippen LogP contribution in [0.4, 0.5) is 0 Å². The van der Waals surface area contributed by atoms with Gasteiger partial charge < -0.3 is 4.74 Å². The number of sulfonamides is 1. The van der Waals surface area contributed by atoms with E-state index >= 15 is 0 Å². The molecule has 0 unspecified atom stereocenters. The van der Waals surface area contributed by atoms with Crippen molar-refractivity contribution in [1.29, 1.82) is 0 Å². The molecule has 2 N–H and O–H groups in total. The molecule has 0 aliphatic rings. The van der Waals surface area contributed by atoms with Crippen molar-refractivity contribution in [3.05, 3.63) is 28.2 Å². The van der Waals surface area contributed by atoms with Crippen molar-refractivity contribution in [3.63, 3.8) is 0 Å². The molecule has 0 radical (unpaired) electrons. The van der Waals surface area contributed by atoms with Gasteiger partial charge in [-0.15, -0.1) is 0 Å². The molecule has 0 amide bonds. The number of hydrogen-bond acceptors (Lipinski definition) is 3. The molecule has 0 atom stereocenters. The molecule has 18 heavy (non-hydrogen) atoms. The summed E-state index contributed by atoms with van der Waals surface area (Å²) in [5.74, 6) is 0.855. The fourth-order valence-corrected chi connectivity index (χ4v) is 2.70. The van der Waals surface area contributed by atoms with Crippen molar-refractivity contribution in [3.8, 4) is 5.75 Å². The maximum absolute atomic E-state index is 10.7. The van der Waals surface area contributed by atoms with Gasteiger partial charge in [-0.2, -0.15) is 0 Å². The lowest BCUT2D eigenvalue weighted by atomic mass is 10.2. The highest BCUT2D eigenvalue weighted by atomic mass is 79.9. The summed E-state index contributed by atoms with van der Waals surface area (Å²) in [5.41, 5.74) is 1.17. The minimum Gasteiger partial charge on any atom is -0.492 e. The Labute approximate surface area is 117 Å². The first-order chi connectivity index (χ1) is 8.38. The standard InChI is InChI=1S/C12H18BrNO3S/c1-10-5-6-12(11(13)9-10)17-7-3-2-4-8-18(14,15)16/h5-6,9H,2-4,7-8H2,1H3,(H2,14,15,16). The van der Waals surface area contributed by atoms with Crippen LogP contribution in [0.5, 0.6) is 5.75 Å². The van der Waals surface area contributed by atoms with E-state index in [4.69, 9.17) is 9.88 Å². The second kappa shape index (κ2) is 7.11. The SMILES string of the molecule is Cc1ccc(OCCCCCS(N)(=O)=O)c(Br)c1. The van der Waals surface area contributed by atoms with Crippen LogP contribution in [0.3, 0.4) is 0 Å². The third-order valence-corrected chi connectivity index (χ3v) is 3.90. The maximum atomic E-state index is 10.7. The van der Waals surface area contributed by atoms with Crippen LogP contribution in [0.1, 0.15) is 24.8 Å². The third-order valence-electron chi connectivity index (χ3n) is 2.42. The molecule has 0 heterocycles. The Bertz CT molecular complexity index is 488. The first kappa shape index (κ1) is 15.5. The number of ether oxygens (including phenoxy) is 1. The monoisotopic (exact) mass is 335 g/mol. The van der Waals surface area contributed by atoms with Gasteiger partial charge in [-0.1, -0.05) is 6.07 Å². The van der Waals surface area contributed by atoms with Crippen LogP contribution in [0.15, 0.2) is 22.7 Å². The molecule has 1 aromatic rings. The van der Waals surface area contributed by atoms with Crippen molar-refractivity contribution in [2.75, 3.05) is 12.4 Å². The zero-order valence-corrected chi connectivity index (χ0v) is 12.8. The summed E-state index contributed by atoms with van der Waals surface area (Å²) < 4.78 is 27.9. The highest BCUT2D eigenvalue weighted by Gasteiger charge is 2.03. The smallest absolute Gasteiger partial charge is 0.209 e. The largest absolute Gasteiger partial charge is 0.492 e. The van der Waals surface area contributed by atoms with Gasteiger partial charge in [0.15, 0.2) is 0 Å². The lowest BCUT2D eigenvalue weighted by Gasteiger charge is -2.08. The van der Waals surface area contributed by atoms with E-state index in [1.165, 1.54) is 5.56 Å². The van der Waals surface area contributed by atoms with Crippen molar-refractivity contribution < 1.29 is 13.2 Å². The van der Waals surface area contributed by atoms with Crippen molar-refractivity contribution in [1.82, 2.24) is 0 Å². The van der Waals surface area contributed by atoms with Crippen LogP contribution in [-0.2, 0) is 10.0 Å². The van der Waals surface area contributed by atoms with Gasteiger partial charge in [0, 0.05) is 0 Å². The Morgan fingerprint density at radius 2 is 2.00 bits per heavy atom. The van der Waals surface area contributed by atoms with E-state index in [1.54, 1.807) is 0 Å². The van der Waals surface area contributed by atoms with Gasteiger partial charge in [-0.3, -0.25) is 0 Å². The number of rotatable bonds is 7. The second-order valence-electron chi connectivity index (χ2n) is 4.21. The molecule has 0 spiro atoms. The molecular formula is C12H18BrNO3S. The third kappa shape index (κ3) is 6.37. The molecule has 1 aromatic carbocycles. The van der Waals surface area contributed by atoms with E-state index in [2.05, 4.69) is 15.9 Å². The van der Waals surface area contributed by atoms with Gasteiger partial charge in [0.25, 0.3) is 0 Å². The Hall–Kier alpha value is -0.590. The van der Waals surface area contributed by atoms with E-state index in [9.17, 15) is 8.42 Å². The van der Waals surface area contributed by atoms with E-state index in [0.717, 1.165) is 23.1 Å². The zero-order valence-electron chi connectivity index (χ0n) is 10.4. The van der Waals surface area contributed by atoms with E-state index in [0.29, 0.717) is 13.0 Å². The Morgan fingerprint density at radius 3 is 2.61 bits per heavy atom. The van der Waals surface area contributed by atoms with Crippen LogP contribution in [0, 0.1) is 6.92 Å². The summed E-state index contributed by atoms with van der Waals surface area (Å²) >= 11 is 3.44. The van der Waals surface area contributed by atoms with Crippen molar-refractivity contribution in [2.45, 2.75) is 26.2 Å². The molecule has 102 valence electrons. The van der Waals surface area contributed by atoms with Crippen LogP contribution < -0.4 is 9.88 Å². The first-order valence-electron chi connectivity index (χ1n) is 5.78. The zero-order chi connectivity index (χ0) is 13.6. The average molecular weight is 336 g/mol. The van der Waals surface area contributed by atoms with Crippen LogP contribution >= 0.6 is 15.9 Å². The molecule has 6 heteroatoms. The molecule has 0 aliphatic carbocycles. The molecule has 0 saturated carbocycles. The first-order valence-corrected chi connectivity index (χ1v) is 8.29. The average Bonchev–Trinajstić information content (AvgIpc) is 2.24. The van der Waals surface area contributed by atoms with Crippen LogP contribution in [0.25, 0.3) is 0 Å². The summed E-state index contributed by atoms with van der Waals surface area (Å²) in [6.07, 6.45) is 2.19. The van der Waals surface area contributed by atoms with Gasteiger partial charge >= 0.3 is 0 Å². The predicted molar refractivity (Wildman–Crippen MR) is 76.2 cm³/mol. The number of nitrogens with two attached hydrogens (primary N) is 1. The minimum atomic E-state index is -3.32. The summed E-state index contributed by atoms with van der Waals surface area (Å²) in [6, 6.07) is 5.90. The fraction of sp³-hybridized carbons (Fsp3) is 0.500. The molecule has 0 saturated heterocycles. The molecule has 0 bridgehead atoms. The highest BCUT2D eigenvalue weighted by Crippen LogP contribution is 2.25. The summed E-state index contributed by atoms with van der Waals surface area (Å²) in [5, 5.41) is 4.91. The summed E-state index contributed by atoms with van der Waals surface area (Å²) in [6.45, 7) is 2.59. The number of primary sulfonamides is 1. The number of aryl methyl sites for hydroxylation is 1. The Morgan fingerprint density at radius 1 is 1.28 bits per heavy atom. The summed E-state index contributed by atoms with van der Waals surface area (Å²) in [4.78, 5) is 0. The highest BCUT2D eigenvalue weighted by molar-refractivity contribution is 9.10. The molecular weight excluding hydrogens is 318 g/mol. The number of benzene rings is 1. The van der Waals surface area contributed by atoms with Gasteiger partial charge in [0.2, 0.25) is 10.0 Å². The van der Waals surface area contributed by atoms with Gasteiger partial charge in [-0.05, 0) is 59.8 Å². The Kier molecular flexibility index (Phi) is 6.11. The van der Waals surface area contributed by atoms with Crippen LogP contribution in [-0.4, -0.2) is 20.8 Å². The van der Waals surface area contributed by atoms with E-state index in [-0.39, 0.29) is 5.75 Å². The maximum Gasteiger partial charge on any atom is 0.209 e. The van der Waals surface area contributed by atoms with Crippen molar-refractivity contribution >= 4 is 26.0 Å². The summed E-state index contributed by atoms with van der Waals surface area (Å²) in [7, 11) is -3.32. The Balaban J connectivity index is 2.22. The molecule has 1 rings (SSSR count). The lowest BCUT2D eigenvalue weighted by molar-refractivity contribution is 0.304. The number of hydrogen-bond donors (Lipinski definition) is 1. The van der Waals surface area contributed by atoms with E-state index < -0.39 is 10.0 Å². The van der Waals surface area contributed by atoms with Crippen molar-refractivity contribution in [2.24, 2.45) is 5.14 Å². The normalized spacial score (nSPS) is 11.5. The minimum absolute atomic E-state index is 0.0429. The van der Waals surface area contributed by atoms with Gasteiger partial charge in [0.1, 0.15) is 5.75 Å². The molecule has 0 aromatic heterocycles. The molecule has 4 nitrogen and oxygen atoms in total. The van der Waals surface area contributed by atoms with Gasteiger partial charge in [-0.25, -0.2) is 13.6 Å².